The Morgan fingerprint density at radius 1 is 1.27 bits per heavy atom. The third kappa shape index (κ3) is 3.88. The highest BCUT2D eigenvalue weighted by Gasteiger charge is 2.15. The van der Waals surface area contributed by atoms with Crippen molar-refractivity contribution in [3.8, 4) is 0 Å². The van der Waals surface area contributed by atoms with Crippen molar-refractivity contribution >= 4 is 17.3 Å². The lowest BCUT2D eigenvalue weighted by Crippen LogP contribution is -2.15. The summed E-state index contributed by atoms with van der Waals surface area (Å²) in [4.78, 5) is 22.0. The molecule has 2 rings (SSSR count). The van der Waals surface area contributed by atoms with Gasteiger partial charge in [-0.25, -0.2) is 4.39 Å². The first kappa shape index (κ1) is 15.6. The number of nitro benzene ring substituents is 1. The number of benzene rings is 2. The molecule has 0 aliphatic carbocycles. The molecule has 1 amide bonds. The van der Waals surface area contributed by atoms with Gasteiger partial charge >= 0.3 is 0 Å². The molecule has 114 valence electrons. The van der Waals surface area contributed by atoms with Crippen LogP contribution in [0.2, 0.25) is 0 Å². The minimum Gasteiger partial charge on any atom is -0.323 e. The first-order chi connectivity index (χ1) is 10.5. The van der Waals surface area contributed by atoms with E-state index in [1.807, 2.05) is 37.3 Å². The molecule has 22 heavy (non-hydrogen) atoms. The van der Waals surface area contributed by atoms with Crippen LogP contribution in [-0.2, 0) is 4.79 Å². The van der Waals surface area contributed by atoms with Crippen molar-refractivity contribution in [1.82, 2.24) is 0 Å². The van der Waals surface area contributed by atoms with E-state index >= 15 is 0 Å². The van der Waals surface area contributed by atoms with Gasteiger partial charge in [-0.1, -0.05) is 37.3 Å². The minimum absolute atomic E-state index is 0.0389. The molecule has 0 aromatic heterocycles. The zero-order chi connectivity index (χ0) is 16.1. The fourth-order valence-corrected chi connectivity index (χ4v) is 2.10. The Morgan fingerprint density at radius 2 is 1.95 bits per heavy atom. The summed E-state index contributed by atoms with van der Waals surface area (Å²) in [6.45, 7) is 1.89. The fourth-order valence-electron chi connectivity index (χ4n) is 2.10. The van der Waals surface area contributed by atoms with Gasteiger partial charge in [0.05, 0.1) is 10.6 Å². The second kappa shape index (κ2) is 6.80. The Balaban J connectivity index is 2.06. The van der Waals surface area contributed by atoms with E-state index in [1.165, 1.54) is 0 Å². The van der Waals surface area contributed by atoms with Crippen molar-refractivity contribution in [2.45, 2.75) is 19.3 Å². The molecule has 1 atom stereocenters. The maximum absolute atomic E-state index is 13.6. The molecule has 0 saturated carbocycles. The van der Waals surface area contributed by atoms with E-state index in [4.69, 9.17) is 0 Å². The average molecular weight is 302 g/mol. The van der Waals surface area contributed by atoms with E-state index in [2.05, 4.69) is 5.32 Å². The Morgan fingerprint density at radius 3 is 2.59 bits per heavy atom. The number of anilines is 1. The lowest BCUT2D eigenvalue weighted by atomic mass is 9.97. The molecule has 0 heterocycles. The number of hydrogen-bond acceptors (Lipinski definition) is 3. The van der Waals surface area contributed by atoms with E-state index in [-0.39, 0.29) is 23.7 Å². The standard InChI is InChI=1S/C16H15FN2O3/c1-11(12-5-3-2-4-6-12)9-16(20)18-15-10-13(19(21)22)7-8-14(15)17/h2-8,10-11H,9H2,1H3,(H,18,20). The van der Waals surface area contributed by atoms with Crippen LogP contribution in [0.15, 0.2) is 48.5 Å². The number of carbonyl (C=O) groups excluding carboxylic acids is 1. The summed E-state index contributed by atoms with van der Waals surface area (Å²) in [5.41, 5.74) is 0.546. The highest BCUT2D eigenvalue weighted by atomic mass is 19.1. The number of carbonyl (C=O) groups is 1. The topological polar surface area (TPSA) is 72.2 Å². The summed E-state index contributed by atoms with van der Waals surface area (Å²) in [6, 6.07) is 12.5. The number of nitrogens with one attached hydrogen (secondary N) is 1. The largest absolute Gasteiger partial charge is 0.323 e. The highest BCUT2D eigenvalue weighted by Crippen LogP contribution is 2.23. The van der Waals surface area contributed by atoms with Crippen LogP contribution in [-0.4, -0.2) is 10.8 Å². The van der Waals surface area contributed by atoms with Crippen molar-refractivity contribution in [1.29, 1.82) is 0 Å². The van der Waals surface area contributed by atoms with Crippen molar-refractivity contribution < 1.29 is 14.1 Å². The van der Waals surface area contributed by atoms with Crippen LogP contribution in [0.25, 0.3) is 0 Å². The molecule has 0 bridgehead atoms. The Labute approximate surface area is 126 Å². The maximum Gasteiger partial charge on any atom is 0.271 e. The predicted octanol–water partition coefficient (Wildman–Crippen LogP) is 3.87. The molecule has 0 aliphatic heterocycles. The van der Waals surface area contributed by atoms with Gasteiger partial charge in [-0.05, 0) is 17.5 Å². The van der Waals surface area contributed by atoms with Crippen molar-refractivity contribution in [2.24, 2.45) is 0 Å². The molecule has 0 aliphatic rings. The van der Waals surface area contributed by atoms with Crippen molar-refractivity contribution in [2.75, 3.05) is 5.32 Å². The predicted molar refractivity (Wildman–Crippen MR) is 81.2 cm³/mol. The molecular weight excluding hydrogens is 287 g/mol. The molecule has 6 heteroatoms. The Hall–Kier alpha value is -2.76. The maximum atomic E-state index is 13.6. The highest BCUT2D eigenvalue weighted by molar-refractivity contribution is 5.91. The minimum atomic E-state index is -0.702. The molecule has 2 aromatic carbocycles. The molecule has 0 spiro atoms. The van der Waals surface area contributed by atoms with Crippen LogP contribution >= 0.6 is 0 Å². The second-order valence-corrected chi connectivity index (χ2v) is 4.99. The third-order valence-electron chi connectivity index (χ3n) is 3.30. The van der Waals surface area contributed by atoms with Crippen LogP contribution in [0.3, 0.4) is 0 Å². The van der Waals surface area contributed by atoms with Crippen LogP contribution in [0.1, 0.15) is 24.8 Å². The van der Waals surface area contributed by atoms with Crippen molar-refractivity contribution in [3.63, 3.8) is 0 Å². The summed E-state index contributed by atoms with van der Waals surface area (Å²) in [6.07, 6.45) is 0.159. The van der Waals surface area contributed by atoms with Gasteiger partial charge in [0.1, 0.15) is 5.82 Å². The number of nitro groups is 1. The van der Waals surface area contributed by atoms with Gasteiger partial charge in [0.25, 0.3) is 5.69 Å². The number of hydrogen-bond donors (Lipinski definition) is 1. The first-order valence-electron chi connectivity index (χ1n) is 6.76. The number of halogens is 1. The molecule has 0 radical (unpaired) electrons. The zero-order valence-corrected chi connectivity index (χ0v) is 12.0. The average Bonchev–Trinajstić information content (AvgIpc) is 2.50. The normalized spacial score (nSPS) is 11.7. The van der Waals surface area contributed by atoms with Gasteiger partial charge in [-0.3, -0.25) is 14.9 Å². The number of amides is 1. The fraction of sp³-hybridized carbons (Fsp3) is 0.188. The molecule has 0 fully saturated rings. The summed E-state index contributed by atoms with van der Waals surface area (Å²) in [5, 5.41) is 13.1. The molecule has 1 unspecified atom stereocenters. The molecule has 2 aromatic rings. The van der Waals surface area contributed by atoms with E-state index in [1.54, 1.807) is 0 Å². The summed E-state index contributed by atoms with van der Waals surface area (Å²) >= 11 is 0. The van der Waals surface area contributed by atoms with E-state index in [0.717, 1.165) is 23.8 Å². The summed E-state index contributed by atoms with van der Waals surface area (Å²) in [7, 11) is 0. The quantitative estimate of drug-likeness (QED) is 0.673. The number of non-ortho nitro benzene ring substituents is 1. The molecule has 0 saturated heterocycles. The molecule has 1 N–H and O–H groups in total. The van der Waals surface area contributed by atoms with Crippen LogP contribution < -0.4 is 5.32 Å². The van der Waals surface area contributed by atoms with E-state index < -0.39 is 16.6 Å². The second-order valence-electron chi connectivity index (χ2n) is 4.99. The van der Waals surface area contributed by atoms with E-state index in [9.17, 15) is 19.3 Å². The number of nitrogens with zero attached hydrogens (tertiary/aromatic N) is 1. The number of rotatable bonds is 5. The van der Waals surface area contributed by atoms with Gasteiger partial charge < -0.3 is 5.32 Å². The molecular formula is C16H15FN2O3. The molecule has 5 nitrogen and oxygen atoms in total. The third-order valence-corrected chi connectivity index (χ3v) is 3.30. The summed E-state index contributed by atoms with van der Waals surface area (Å²) < 4.78 is 13.6. The van der Waals surface area contributed by atoms with Crippen LogP contribution in [0.4, 0.5) is 15.8 Å². The van der Waals surface area contributed by atoms with E-state index in [0.29, 0.717) is 0 Å². The van der Waals surface area contributed by atoms with Gasteiger partial charge in [-0.2, -0.15) is 0 Å². The lowest BCUT2D eigenvalue weighted by molar-refractivity contribution is -0.384. The van der Waals surface area contributed by atoms with Crippen LogP contribution in [0.5, 0.6) is 0 Å². The van der Waals surface area contributed by atoms with Gasteiger partial charge in [0.15, 0.2) is 0 Å². The lowest BCUT2D eigenvalue weighted by Gasteiger charge is -2.12. The Bertz CT molecular complexity index is 689. The smallest absolute Gasteiger partial charge is 0.271 e. The summed E-state index contributed by atoms with van der Waals surface area (Å²) in [5.74, 6) is -1.13. The van der Waals surface area contributed by atoms with Gasteiger partial charge in [0, 0.05) is 18.6 Å². The zero-order valence-electron chi connectivity index (χ0n) is 12.0. The first-order valence-corrected chi connectivity index (χ1v) is 6.76. The van der Waals surface area contributed by atoms with Crippen molar-refractivity contribution in [3.05, 3.63) is 70.0 Å². The van der Waals surface area contributed by atoms with Crippen LogP contribution in [0, 0.1) is 15.9 Å². The van der Waals surface area contributed by atoms with Gasteiger partial charge in [0.2, 0.25) is 5.91 Å². The monoisotopic (exact) mass is 302 g/mol. The Kier molecular flexibility index (Phi) is 4.83. The SMILES string of the molecule is CC(CC(=O)Nc1cc([N+](=O)[O-])ccc1F)c1ccccc1. The van der Waals surface area contributed by atoms with Gasteiger partial charge in [-0.15, -0.1) is 0 Å².